The van der Waals surface area contributed by atoms with Crippen LogP contribution in [0.1, 0.15) is 11.4 Å². The molecule has 0 aromatic carbocycles. The third-order valence-corrected chi connectivity index (χ3v) is 2.19. The number of rotatable bonds is 3. The lowest BCUT2D eigenvalue weighted by Gasteiger charge is -2.06. The average molecular weight is 187 g/mol. The summed E-state index contributed by atoms with van der Waals surface area (Å²) < 4.78 is 2.11. The highest BCUT2D eigenvalue weighted by Crippen LogP contribution is 2.04. The summed E-state index contributed by atoms with van der Waals surface area (Å²) in [6.45, 7) is 1.36. The fourth-order valence-electron chi connectivity index (χ4n) is 1.46. The maximum Gasteiger partial charge on any atom is 0.0645 e. The predicted molar refractivity (Wildman–Crippen MR) is 55.7 cm³/mol. The highest BCUT2D eigenvalue weighted by atomic mass is 15.0. The van der Waals surface area contributed by atoms with Gasteiger partial charge in [-0.2, -0.15) is 0 Å². The quantitative estimate of drug-likeness (QED) is 0.789. The van der Waals surface area contributed by atoms with Crippen LogP contribution < -0.4 is 5.73 Å². The van der Waals surface area contributed by atoms with E-state index >= 15 is 0 Å². The average Bonchev–Trinajstić information content (AvgIpc) is 2.67. The van der Waals surface area contributed by atoms with Crippen molar-refractivity contribution in [1.82, 2.24) is 9.55 Å². The van der Waals surface area contributed by atoms with Crippen molar-refractivity contribution in [2.24, 2.45) is 5.73 Å². The van der Waals surface area contributed by atoms with Crippen molar-refractivity contribution in [3.63, 3.8) is 0 Å². The topological polar surface area (TPSA) is 43.8 Å². The molecule has 0 aliphatic heterocycles. The van der Waals surface area contributed by atoms with Gasteiger partial charge in [0.1, 0.15) is 0 Å². The molecular formula is C11H13N3. The van der Waals surface area contributed by atoms with Gasteiger partial charge in [-0.05, 0) is 24.3 Å². The molecule has 2 heterocycles. The van der Waals surface area contributed by atoms with Crippen LogP contribution in [-0.4, -0.2) is 9.55 Å². The lowest BCUT2D eigenvalue weighted by molar-refractivity contribution is 0.727. The Morgan fingerprint density at radius 3 is 2.86 bits per heavy atom. The Labute approximate surface area is 83.2 Å². The van der Waals surface area contributed by atoms with Crippen LogP contribution in [0.3, 0.4) is 0 Å². The number of aromatic nitrogens is 2. The van der Waals surface area contributed by atoms with Crippen LogP contribution in [0.5, 0.6) is 0 Å². The van der Waals surface area contributed by atoms with Crippen LogP contribution in [0.4, 0.5) is 0 Å². The first kappa shape index (κ1) is 8.97. The summed E-state index contributed by atoms with van der Waals surface area (Å²) in [6.07, 6.45) is 3.83. The molecular weight excluding hydrogens is 174 g/mol. The van der Waals surface area contributed by atoms with E-state index in [1.165, 1.54) is 0 Å². The molecule has 2 aromatic rings. The molecule has 0 bridgehead atoms. The molecule has 0 fully saturated rings. The first-order valence-corrected chi connectivity index (χ1v) is 4.64. The van der Waals surface area contributed by atoms with Crippen LogP contribution in [0.2, 0.25) is 0 Å². The van der Waals surface area contributed by atoms with E-state index in [-0.39, 0.29) is 0 Å². The van der Waals surface area contributed by atoms with Crippen molar-refractivity contribution < 1.29 is 0 Å². The van der Waals surface area contributed by atoms with E-state index in [1.54, 1.807) is 6.20 Å². The molecule has 3 nitrogen and oxygen atoms in total. The number of hydrogen-bond acceptors (Lipinski definition) is 2. The summed E-state index contributed by atoms with van der Waals surface area (Å²) in [5.74, 6) is 0. The normalized spacial score (nSPS) is 10.4. The monoisotopic (exact) mass is 187 g/mol. The van der Waals surface area contributed by atoms with Gasteiger partial charge in [-0.1, -0.05) is 6.07 Å². The highest BCUT2D eigenvalue weighted by molar-refractivity contribution is 5.11. The summed E-state index contributed by atoms with van der Waals surface area (Å²) >= 11 is 0. The molecule has 0 unspecified atom stereocenters. The van der Waals surface area contributed by atoms with Gasteiger partial charge in [0, 0.05) is 24.6 Å². The molecule has 0 radical (unpaired) electrons. The van der Waals surface area contributed by atoms with E-state index in [4.69, 9.17) is 5.73 Å². The van der Waals surface area contributed by atoms with Crippen molar-refractivity contribution in [1.29, 1.82) is 0 Å². The van der Waals surface area contributed by atoms with Gasteiger partial charge in [0.05, 0.1) is 12.2 Å². The second-order valence-corrected chi connectivity index (χ2v) is 3.15. The van der Waals surface area contributed by atoms with Crippen LogP contribution in [0.15, 0.2) is 42.7 Å². The second-order valence-electron chi connectivity index (χ2n) is 3.15. The molecule has 0 atom stereocenters. The highest BCUT2D eigenvalue weighted by Gasteiger charge is 1.99. The van der Waals surface area contributed by atoms with Crippen LogP contribution >= 0.6 is 0 Å². The van der Waals surface area contributed by atoms with Gasteiger partial charge >= 0.3 is 0 Å². The molecule has 0 spiro atoms. The lowest BCUT2D eigenvalue weighted by Crippen LogP contribution is -2.08. The van der Waals surface area contributed by atoms with Gasteiger partial charge in [-0.15, -0.1) is 0 Å². The van der Waals surface area contributed by atoms with E-state index in [1.807, 2.05) is 36.5 Å². The van der Waals surface area contributed by atoms with Gasteiger partial charge < -0.3 is 10.3 Å². The zero-order chi connectivity index (χ0) is 9.80. The maximum absolute atomic E-state index is 5.61. The smallest absolute Gasteiger partial charge is 0.0645 e. The molecule has 14 heavy (non-hydrogen) atoms. The standard InChI is InChI=1S/C11H13N3/c12-8-11-5-3-7-14(11)9-10-4-1-2-6-13-10/h1-7H,8-9,12H2. The molecule has 0 saturated heterocycles. The summed E-state index contributed by atoms with van der Waals surface area (Å²) in [6, 6.07) is 9.96. The van der Waals surface area contributed by atoms with Gasteiger partial charge in [0.2, 0.25) is 0 Å². The second kappa shape index (κ2) is 4.07. The van der Waals surface area contributed by atoms with E-state index in [9.17, 15) is 0 Å². The lowest BCUT2D eigenvalue weighted by atomic mass is 10.3. The van der Waals surface area contributed by atoms with Crippen molar-refractivity contribution in [3.05, 3.63) is 54.1 Å². The molecule has 2 aromatic heterocycles. The maximum atomic E-state index is 5.61. The number of hydrogen-bond donors (Lipinski definition) is 1. The summed E-state index contributed by atoms with van der Waals surface area (Å²) in [4.78, 5) is 4.27. The zero-order valence-corrected chi connectivity index (χ0v) is 7.93. The first-order chi connectivity index (χ1) is 6.90. The van der Waals surface area contributed by atoms with Crippen molar-refractivity contribution >= 4 is 0 Å². The Hall–Kier alpha value is -1.61. The predicted octanol–water partition coefficient (Wildman–Crippen LogP) is 1.39. The summed E-state index contributed by atoms with van der Waals surface area (Å²) in [7, 11) is 0. The van der Waals surface area contributed by atoms with E-state index in [0.29, 0.717) is 6.54 Å². The number of nitrogens with two attached hydrogens (primary N) is 1. The Balaban J connectivity index is 2.19. The summed E-state index contributed by atoms with van der Waals surface area (Å²) in [5, 5.41) is 0. The van der Waals surface area contributed by atoms with Crippen molar-refractivity contribution in [2.45, 2.75) is 13.1 Å². The Bertz CT molecular complexity index is 392. The van der Waals surface area contributed by atoms with Gasteiger partial charge in [0.15, 0.2) is 0 Å². The minimum Gasteiger partial charge on any atom is -0.344 e. The van der Waals surface area contributed by atoms with Crippen LogP contribution in [0, 0.1) is 0 Å². The molecule has 72 valence electrons. The number of pyridine rings is 1. The number of nitrogens with zero attached hydrogens (tertiary/aromatic N) is 2. The van der Waals surface area contributed by atoms with E-state index in [2.05, 4.69) is 9.55 Å². The Morgan fingerprint density at radius 1 is 1.21 bits per heavy atom. The molecule has 0 aliphatic rings. The van der Waals surface area contributed by atoms with Crippen molar-refractivity contribution in [2.75, 3.05) is 0 Å². The molecule has 2 rings (SSSR count). The minimum absolute atomic E-state index is 0.569. The first-order valence-electron chi connectivity index (χ1n) is 4.64. The summed E-state index contributed by atoms with van der Waals surface area (Å²) in [5.41, 5.74) is 7.80. The third-order valence-electron chi connectivity index (χ3n) is 2.19. The molecule has 0 aliphatic carbocycles. The molecule has 3 heteroatoms. The van der Waals surface area contributed by atoms with E-state index < -0.39 is 0 Å². The van der Waals surface area contributed by atoms with Gasteiger partial charge in [-0.3, -0.25) is 4.98 Å². The van der Waals surface area contributed by atoms with Crippen molar-refractivity contribution in [3.8, 4) is 0 Å². The minimum atomic E-state index is 0.569. The van der Waals surface area contributed by atoms with Crippen LogP contribution in [0.25, 0.3) is 0 Å². The van der Waals surface area contributed by atoms with Gasteiger partial charge in [0.25, 0.3) is 0 Å². The molecule has 0 amide bonds. The Morgan fingerprint density at radius 2 is 2.14 bits per heavy atom. The van der Waals surface area contributed by atoms with Gasteiger partial charge in [-0.25, -0.2) is 0 Å². The third kappa shape index (κ3) is 1.83. The Kier molecular flexibility index (Phi) is 2.60. The molecule has 0 saturated carbocycles. The van der Waals surface area contributed by atoms with E-state index in [0.717, 1.165) is 17.9 Å². The SMILES string of the molecule is NCc1cccn1Cc1ccccn1. The fraction of sp³-hybridized carbons (Fsp3) is 0.182. The zero-order valence-electron chi connectivity index (χ0n) is 7.93. The largest absolute Gasteiger partial charge is 0.344 e. The van der Waals surface area contributed by atoms with Crippen LogP contribution in [-0.2, 0) is 13.1 Å². The fourth-order valence-corrected chi connectivity index (χ4v) is 1.46. The molecule has 2 N–H and O–H groups in total.